The molecule has 0 bridgehead atoms. The molecule has 0 atom stereocenters. The number of hydrogen-bond acceptors (Lipinski definition) is 6. The van der Waals surface area contributed by atoms with Crippen LogP contribution in [0.25, 0.3) is 0 Å². The molecule has 1 amide bonds. The molecule has 0 saturated heterocycles. The Labute approximate surface area is 100 Å². The molecule has 0 aromatic carbocycles. The number of thiazole rings is 2. The third-order valence-electron chi connectivity index (χ3n) is 1.86. The Morgan fingerprint density at radius 3 is 3.00 bits per heavy atom. The molecule has 2 rings (SSSR count). The first-order valence-electron chi connectivity index (χ1n) is 4.63. The Morgan fingerprint density at radius 1 is 1.50 bits per heavy atom. The van der Waals surface area contributed by atoms with Crippen LogP contribution < -0.4 is 11.1 Å². The number of nitrogens with zero attached hydrogens (tertiary/aromatic N) is 2. The van der Waals surface area contributed by atoms with Crippen LogP contribution in [0.5, 0.6) is 0 Å². The van der Waals surface area contributed by atoms with Crippen molar-refractivity contribution >= 4 is 33.7 Å². The van der Waals surface area contributed by atoms with Crippen LogP contribution in [-0.4, -0.2) is 22.4 Å². The number of hydrogen-bond donors (Lipinski definition) is 2. The Balaban J connectivity index is 1.80. The van der Waals surface area contributed by atoms with Gasteiger partial charge in [0.15, 0.2) is 5.13 Å². The fourth-order valence-electron chi connectivity index (χ4n) is 1.14. The van der Waals surface area contributed by atoms with E-state index in [4.69, 9.17) is 5.73 Å². The number of amides is 1. The lowest BCUT2D eigenvalue weighted by atomic mass is 10.4. The van der Waals surface area contributed by atoms with Crippen molar-refractivity contribution in [2.75, 3.05) is 12.3 Å². The lowest BCUT2D eigenvalue weighted by Gasteiger charge is -2.00. The quantitative estimate of drug-likeness (QED) is 0.857. The number of nitrogens with one attached hydrogen (secondary N) is 1. The molecule has 84 valence electrons. The number of aromatic nitrogens is 2. The summed E-state index contributed by atoms with van der Waals surface area (Å²) in [5, 5.41) is 7.75. The van der Waals surface area contributed by atoms with E-state index in [9.17, 15) is 4.79 Å². The van der Waals surface area contributed by atoms with Crippen LogP contribution in [0.1, 0.15) is 15.5 Å². The van der Waals surface area contributed by atoms with Gasteiger partial charge in [-0.1, -0.05) is 0 Å². The van der Waals surface area contributed by atoms with Crippen LogP contribution in [0.4, 0.5) is 5.13 Å². The lowest BCUT2D eigenvalue weighted by Crippen LogP contribution is -2.25. The smallest absolute Gasteiger partial charge is 0.270 e. The highest BCUT2D eigenvalue weighted by atomic mass is 32.1. The van der Waals surface area contributed by atoms with E-state index in [2.05, 4.69) is 15.3 Å². The van der Waals surface area contributed by atoms with E-state index >= 15 is 0 Å². The average molecular weight is 254 g/mol. The molecule has 2 heterocycles. The van der Waals surface area contributed by atoms with Crippen LogP contribution >= 0.6 is 22.7 Å². The summed E-state index contributed by atoms with van der Waals surface area (Å²) in [7, 11) is 0. The van der Waals surface area contributed by atoms with Crippen LogP contribution in [0.3, 0.4) is 0 Å². The second kappa shape index (κ2) is 5.04. The molecule has 0 saturated carbocycles. The van der Waals surface area contributed by atoms with E-state index < -0.39 is 0 Å². The molecule has 0 radical (unpaired) electrons. The van der Waals surface area contributed by atoms with Crippen molar-refractivity contribution in [3.63, 3.8) is 0 Å². The molecule has 0 aliphatic carbocycles. The lowest BCUT2D eigenvalue weighted by molar-refractivity contribution is 0.0950. The first-order valence-corrected chi connectivity index (χ1v) is 6.39. The third kappa shape index (κ3) is 2.77. The largest absolute Gasteiger partial charge is 0.375 e. The van der Waals surface area contributed by atoms with Gasteiger partial charge in [-0.2, -0.15) is 0 Å². The van der Waals surface area contributed by atoms with Gasteiger partial charge in [-0.15, -0.1) is 22.7 Å². The maximum Gasteiger partial charge on any atom is 0.270 e. The van der Waals surface area contributed by atoms with Crippen molar-refractivity contribution in [2.45, 2.75) is 6.42 Å². The Bertz CT molecular complexity index is 466. The van der Waals surface area contributed by atoms with Gasteiger partial charge in [-0.3, -0.25) is 4.79 Å². The first kappa shape index (κ1) is 11.0. The van der Waals surface area contributed by atoms with E-state index in [1.165, 1.54) is 11.3 Å². The fraction of sp³-hybridized carbons (Fsp3) is 0.222. The normalized spacial score (nSPS) is 10.2. The van der Waals surface area contributed by atoms with Gasteiger partial charge in [-0.25, -0.2) is 9.97 Å². The monoisotopic (exact) mass is 254 g/mol. The molecular weight excluding hydrogens is 244 g/mol. The Kier molecular flexibility index (Phi) is 3.47. The SMILES string of the molecule is Nc1nc(C(=O)NCCc2nccs2)cs1. The summed E-state index contributed by atoms with van der Waals surface area (Å²) in [6.45, 7) is 0.559. The summed E-state index contributed by atoms with van der Waals surface area (Å²) in [5.74, 6) is -0.190. The highest BCUT2D eigenvalue weighted by Crippen LogP contribution is 2.10. The summed E-state index contributed by atoms with van der Waals surface area (Å²) < 4.78 is 0. The van der Waals surface area contributed by atoms with E-state index in [0.717, 1.165) is 11.4 Å². The zero-order chi connectivity index (χ0) is 11.4. The Morgan fingerprint density at radius 2 is 2.38 bits per heavy atom. The van der Waals surface area contributed by atoms with Gasteiger partial charge in [0.25, 0.3) is 5.91 Å². The second-order valence-electron chi connectivity index (χ2n) is 3.00. The zero-order valence-electron chi connectivity index (χ0n) is 8.34. The maximum absolute atomic E-state index is 11.5. The number of nitrogens with two attached hydrogens (primary N) is 1. The van der Waals surface area contributed by atoms with Crippen molar-refractivity contribution in [1.29, 1.82) is 0 Å². The molecule has 0 spiro atoms. The molecule has 7 heteroatoms. The third-order valence-corrected chi connectivity index (χ3v) is 3.38. The van der Waals surface area contributed by atoms with Crippen LogP contribution in [0.15, 0.2) is 17.0 Å². The predicted molar refractivity (Wildman–Crippen MR) is 64.7 cm³/mol. The molecule has 0 aliphatic rings. The van der Waals surface area contributed by atoms with Crippen LogP contribution in [0, 0.1) is 0 Å². The van der Waals surface area contributed by atoms with Gasteiger partial charge in [0.05, 0.1) is 5.01 Å². The number of carbonyl (C=O) groups excluding carboxylic acids is 1. The minimum Gasteiger partial charge on any atom is -0.375 e. The molecule has 16 heavy (non-hydrogen) atoms. The standard InChI is InChI=1S/C9H10N4OS2/c10-9-13-6(5-16-9)8(14)12-2-1-7-11-3-4-15-7/h3-5H,1-2H2,(H2,10,13)(H,12,14). The highest BCUT2D eigenvalue weighted by Gasteiger charge is 2.08. The summed E-state index contributed by atoms with van der Waals surface area (Å²) >= 11 is 2.84. The summed E-state index contributed by atoms with van der Waals surface area (Å²) in [6, 6.07) is 0. The van der Waals surface area contributed by atoms with Gasteiger partial charge in [-0.05, 0) is 0 Å². The molecule has 5 nitrogen and oxygen atoms in total. The fourth-order valence-corrected chi connectivity index (χ4v) is 2.31. The summed E-state index contributed by atoms with van der Waals surface area (Å²) in [6.07, 6.45) is 2.49. The van der Waals surface area contributed by atoms with E-state index in [1.807, 2.05) is 5.38 Å². The van der Waals surface area contributed by atoms with Gasteiger partial charge in [0.2, 0.25) is 0 Å². The number of rotatable bonds is 4. The van der Waals surface area contributed by atoms with Crippen LogP contribution in [-0.2, 0) is 6.42 Å². The highest BCUT2D eigenvalue weighted by molar-refractivity contribution is 7.13. The van der Waals surface area contributed by atoms with Gasteiger partial charge in [0.1, 0.15) is 5.69 Å². The molecule has 3 N–H and O–H groups in total. The van der Waals surface area contributed by atoms with Crippen LogP contribution in [0.2, 0.25) is 0 Å². The van der Waals surface area contributed by atoms with Gasteiger partial charge < -0.3 is 11.1 Å². The zero-order valence-corrected chi connectivity index (χ0v) is 9.98. The van der Waals surface area contributed by atoms with Gasteiger partial charge in [0, 0.05) is 29.9 Å². The van der Waals surface area contributed by atoms with E-state index in [1.54, 1.807) is 22.9 Å². The predicted octanol–water partition coefficient (Wildman–Crippen LogP) is 1.15. The molecule has 0 fully saturated rings. The summed E-state index contributed by atoms with van der Waals surface area (Å²) in [4.78, 5) is 19.6. The van der Waals surface area contributed by atoms with Crippen molar-refractivity contribution in [2.24, 2.45) is 0 Å². The molecule has 0 aliphatic heterocycles. The van der Waals surface area contributed by atoms with Crippen molar-refractivity contribution in [3.05, 3.63) is 27.7 Å². The number of carbonyl (C=O) groups is 1. The van der Waals surface area contributed by atoms with Crippen molar-refractivity contribution in [3.8, 4) is 0 Å². The van der Waals surface area contributed by atoms with Crippen molar-refractivity contribution < 1.29 is 4.79 Å². The first-order chi connectivity index (χ1) is 7.75. The van der Waals surface area contributed by atoms with E-state index in [0.29, 0.717) is 17.4 Å². The number of anilines is 1. The van der Waals surface area contributed by atoms with E-state index in [-0.39, 0.29) is 5.91 Å². The summed E-state index contributed by atoms with van der Waals surface area (Å²) in [5.41, 5.74) is 5.82. The second-order valence-corrected chi connectivity index (χ2v) is 4.87. The van der Waals surface area contributed by atoms with Gasteiger partial charge >= 0.3 is 0 Å². The molecule has 2 aromatic rings. The molecule has 2 aromatic heterocycles. The van der Waals surface area contributed by atoms with Crippen molar-refractivity contribution in [1.82, 2.24) is 15.3 Å². The molecule has 0 unspecified atom stereocenters. The minimum absolute atomic E-state index is 0.190. The Hall–Kier alpha value is -1.47. The molecular formula is C9H10N4OS2. The maximum atomic E-state index is 11.5. The average Bonchev–Trinajstić information content (AvgIpc) is 2.89. The minimum atomic E-state index is -0.190. The number of nitrogen functional groups attached to an aromatic ring is 1. The topological polar surface area (TPSA) is 80.9 Å².